The fourth-order valence-electron chi connectivity index (χ4n) is 3.64. The van der Waals surface area contributed by atoms with Crippen molar-refractivity contribution in [1.29, 1.82) is 0 Å². The molecule has 7 heteroatoms. The zero-order chi connectivity index (χ0) is 21.8. The highest BCUT2D eigenvalue weighted by molar-refractivity contribution is 7.92. The molecule has 31 heavy (non-hydrogen) atoms. The molecule has 5 nitrogen and oxygen atoms in total. The van der Waals surface area contributed by atoms with E-state index in [1.54, 1.807) is 0 Å². The molecule has 3 aromatic carbocycles. The summed E-state index contributed by atoms with van der Waals surface area (Å²) >= 11 is 5.82. The van der Waals surface area contributed by atoms with Gasteiger partial charge in [-0.1, -0.05) is 60.1 Å². The number of benzene rings is 3. The summed E-state index contributed by atoms with van der Waals surface area (Å²) in [7, 11) is -3.75. The maximum Gasteiger partial charge on any atom is 0.235 e. The van der Waals surface area contributed by atoms with Crippen LogP contribution in [0.5, 0.6) is 0 Å². The van der Waals surface area contributed by atoms with Crippen molar-refractivity contribution in [2.45, 2.75) is 10.8 Å². The van der Waals surface area contributed by atoms with E-state index in [0.717, 1.165) is 22.0 Å². The maximum absolute atomic E-state index is 12.6. The van der Waals surface area contributed by atoms with Crippen LogP contribution in [-0.4, -0.2) is 31.6 Å². The first-order valence-electron chi connectivity index (χ1n) is 9.80. The molecule has 4 rings (SSSR count). The van der Waals surface area contributed by atoms with E-state index in [2.05, 4.69) is 10.3 Å². The minimum Gasteiger partial charge on any atom is -0.361 e. The van der Waals surface area contributed by atoms with Crippen molar-refractivity contribution in [3.05, 3.63) is 101 Å². The van der Waals surface area contributed by atoms with E-state index in [-0.39, 0.29) is 17.4 Å². The summed E-state index contributed by atoms with van der Waals surface area (Å²) in [6.07, 6.45) is 1.94. The number of halogens is 1. The van der Waals surface area contributed by atoms with Crippen LogP contribution in [0.4, 0.5) is 0 Å². The molecule has 0 bridgehead atoms. The Morgan fingerprint density at radius 3 is 2.35 bits per heavy atom. The van der Waals surface area contributed by atoms with E-state index in [1.807, 2.05) is 60.8 Å². The number of H-pyrrole nitrogens is 1. The van der Waals surface area contributed by atoms with E-state index < -0.39 is 21.5 Å². The number of hydrogen-bond donors (Lipinski definition) is 2. The van der Waals surface area contributed by atoms with Crippen molar-refractivity contribution in [3.63, 3.8) is 0 Å². The van der Waals surface area contributed by atoms with Crippen molar-refractivity contribution in [3.8, 4) is 0 Å². The number of aromatic nitrogens is 1. The molecule has 2 N–H and O–H groups in total. The number of fused-ring (bicyclic) bond motifs is 1. The van der Waals surface area contributed by atoms with Gasteiger partial charge in [-0.15, -0.1) is 0 Å². The first-order chi connectivity index (χ1) is 14.9. The first kappa shape index (κ1) is 21.2. The fourth-order valence-corrected chi connectivity index (χ4v) is 4.93. The normalized spacial score (nSPS) is 12.5. The molecule has 0 fully saturated rings. The van der Waals surface area contributed by atoms with Gasteiger partial charge in [0.25, 0.3) is 0 Å². The molecule has 1 heterocycles. The minimum absolute atomic E-state index is 0.0725. The molecule has 4 aromatic rings. The Bertz CT molecular complexity index is 1300. The van der Waals surface area contributed by atoms with Gasteiger partial charge in [0.1, 0.15) is 5.75 Å². The highest BCUT2D eigenvalue weighted by Gasteiger charge is 2.22. The molecule has 1 atom stereocenters. The summed E-state index contributed by atoms with van der Waals surface area (Å²) in [5, 5.41) is 4.32. The Morgan fingerprint density at radius 1 is 0.935 bits per heavy atom. The first-order valence-corrected chi connectivity index (χ1v) is 11.8. The quantitative estimate of drug-likeness (QED) is 0.432. The monoisotopic (exact) mass is 452 g/mol. The lowest BCUT2D eigenvalue weighted by molar-refractivity contribution is -0.118. The Morgan fingerprint density at radius 2 is 1.61 bits per heavy atom. The van der Waals surface area contributed by atoms with Gasteiger partial charge in [-0.25, -0.2) is 8.42 Å². The molecule has 0 aliphatic carbocycles. The van der Waals surface area contributed by atoms with Gasteiger partial charge >= 0.3 is 0 Å². The molecule has 0 aliphatic rings. The predicted octanol–water partition coefficient (Wildman–Crippen LogP) is 4.54. The van der Waals surface area contributed by atoms with Crippen molar-refractivity contribution < 1.29 is 13.2 Å². The zero-order valence-corrected chi connectivity index (χ0v) is 18.2. The van der Waals surface area contributed by atoms with Crippen LogP contribution in [0.15, 0.2) is 90.0 Å². The standard InChI is InChI=1S/C24H21ClN2O3S/c25-18-10-12-19(13-11-18)31(29,30)16-24(28)27-14-21(17-6-2-1-3-7-17)22-15-26-23-9-5-4-8-20(22)23/h1-13,15,21,26H,14,16H2,(H,27,28)/t21-/m0/s1. The Hall–Kier alpha value is -3.09. The predicted molar refractivity (Wildman–Crippen MR) is 123 cm³/mol. The lowest BCUT2D eigenvalue weighted by atomic mass is 9.91. The summed E-state index contributed by atoms with van der Waals surface area (Å²) in [6, 6.07) is 23.6. The lowest BCUT2D eigenvalue weighted by Crippen LogP contribution is -2.33. The number of aromatic amines is 1. The molecule has 1 aromatic heterocycles. The molecule has 158 valence electrons. The molecule has 0 aliphatic heterocycles. The highest BCUT2D eigenvalue weighted by atomic mass is 35.5. The third-order valence-electron chi connectivity index (χ3n) is 5.20. The van der Waals surface area contributed by atoms with Gasteiger partial charge in [0.2, 0.25) is 5.91 Å². The highest BCUT2D eigenvalue weighted by Crippen LogP contribution is 2.30. The van der Waals surface area contributed by atoms with E-state index in [9.17, 15) is 13.2 Å². The summed E-state index contributed by atoms with van der Waals surface area (Å²) in [5.74, 6) is -1.29. The summed E-state index contributed by atoms with van der Waals surface area (Å²) in [6.45, 7) is 0.279. The second-order valence-electron chi connectivity index (χ2n) is 7.27. The second kappa shape index (κ2) is 8.96. The van der Waals surface area contributed by atoms with Crippen molar-refractivity contribution in [2.75, 3.05) is 12.3 Å². The Kier molecular flexibility index (Phi) is 6.11. The zero-order valence-electron chi connectivity index (χ0n) is 16.6. The number of sulfone groups is 1. The number of carbonyl (C=O) groups is 1. The van der Waals surface area contributed by atoms with Crippen LogP contribution in [0.3, 0.4) is 0 Å². The third kappa shape index (κ3) is 4.81. The molecule has 0 spiro atoms. The van der Waals surface area contributed by atoms with Gasteiger partial charge in [-0.3, -0.25) is 4.79 Å². The molecule has 0 unspecified atom stereocenters. The summed E-state index contributed by atoms with van der Waals surface area (Å²) < 4.78 is 25.1. The van der Waals surface area contributed by atoms with Crippen LogP contribution in [0.2, 0.25) is 5.02 Å². The van der Waals surface area contributed by atoms with Gasteiger partial charge in [-0.2, -0.15) is 0 Å². The summed E-state index contributed by atoms with van der Waals surface area (Å²) in [5.41, 5.74) is 3.09. The maximum atomic E-state index is 12.6. The second-order valence-corrected chi connectivity index (χ2v) is 9.70. The van der Waals surface area contributed by atoms with Gasteiger partial charge in [0.15, 0.2) is 9.84 Å². The minimum atomic E-state index is -3.75. The van der Waals surface area contributed by atoms with Gasteiger partial charge in [0.05, 0.1) is 4.90 Å². The molecular formula is C24H21ClN2O3S. The third-order valence-corrected chi connectivity index (χ3v) is 7.08. The smallest absolute Gasteiger partial charge is 0.235 e. The van der Waals surface area contributed by atoms with E-state index in [4.69, 9.17) is 11.6 Å². The van der Waals surface area contributed by atoms with Gasteiger partial charge in [0, 0.05) is 34.6 Å². The van der Waals surface area contributed by atoms with Crippen LogP contribution >= 0.6 is 11.6 Å². The van der Waals surface area contributed by atoms with Gasteiger partial charge < -0.3 is 10.3 Å². The average molecular weight is 453 g/mol. The molecule has 0 radical (unpaired) electrons. The largest absolute Gasteiger partial charge is 0.361 e. The van der Waals surface area contributed by atoms with E-state index in [0.29, 0.717) is 5.02 Å². The van der Waals surface area contributed by atoms with Crippen LogP contribution in [-0.2, 0) is 14.6 Å². The fraction of sp³-hybridized carbons (Fsp3) is 0.125. The Labute approximate surface area is 186 Å². The van der Waals surface area contributed by atoms with Crippen LogP contribution in [0, 0.1) is 0 Å². The van der Waals surface area contributed by atoms with Crippen molar-refractivity contribution in [2.24, 2.45) is 0 Å². The SMILES string of the molecule is O=C(CS(=O)(=O)c1ccc(Cl)cc1)NC[C@@H](c1ccccc1)c1c[nH]c2ccccc12. The lowest BCUT2D eigenvalue weighted by Gasteiger charge is -2.18. The van der Waals surface area contributed by atoms with Gasteiger partial charge in [-0.05, 0) is 41.5 Å². The van der Waals surface area contributed by atoms with E-state index >= 15 is 0 Å². The topological polar surface area (TPSA) is 79.0 Å². The van der Waals surface area contributed by atoms with Crippen molar-refractivity contribution in [1.82, 2.24) is 10.3 Å². The molecule has 0 saturated heterocycles. The number of hydrogen-bond acceptors (Lipinski definition) is 3. The van der Waals surface area contributed by atoms with E-state index in [1.165, 1.54) is 24.3 Å². The number of rotatable bonds is 7. The molecular weight excluding hydrogens is 432 g/mol. The van der Waals surface area contributed by atoms with Crippen LogP contribution in [0.1, 0.15) is 17.0 Å². The average Bonchev–Trinajstić information content (AvgIpc) is 3.19. The number of amides is 1. The number of nitrogens with one attached hydrogen (secondary N) is 2. The van der Waals surface area contributed by atoms with Crippen LogP contribution in [0.25, 0.3) is 10.9 Å². The number of para-hydroxylation sites is 1. The Balaban J connectivity index is 1.54. The number of carbonyl (C=O) groups excluding carboxylic acids is 1. The van der Waals surface area contributed by atoms with Crippen LogP contribution < -0.4 is 5.32 Å². The molecule has 1 amide bonds. The van der Waals surface area contributed by atoms with Crippen molar-refractivity contribution >= 4 is 38.2 Å². The molecule has 0 saturated carbocycles. The summed E-state index contributed by atoms with van der Waals surface area (Å²) in [4.78, 5) is 15.9.